The summed E-state index contributed by atoms with van der Waals surface area (Å²) in [6.45, 7) is 0.723. The van der Waals surface area contributed by atoms with Crippen molar-refractivity contribution < 1.29 is 18.9 Å². The molecule has 0 atom stereocenters. The Bertz CT molecular complexity index is 1300. The number of nitrogens with zero attached hydrogens (tertiary/aromatic N) is 2. The SMILES string of the molecule is COc1cc(/C=C/c2nc(NCCc3ccccc3)c3cc(OC)c(OC)cc3n2)cc(OC)c1. The van der Waals surface area contributed by atoms with Crippen molar-refractivity contribution in [2.24, 2.45) is 0 Å². The summed E-state index contributed by atoms with van der Waals surface area (Å²) < 4.78 is 21.7. The second kappa shape index (κ2) is 11.2. The summed E-state index contributed by atoms with van der Waals surface area (Å²) in [5.74, 6) is 3.96. The molecular weight excluding hydrogens is 442 g/mol. The molecule has 4 rings (SSSR count). The largest absolute Gasteiger partial charge is 0.497 e. The van der Waals surface area contributed by atoms with E-state index in [0.717, 1.165) is 35.2 Å². The quantitative estimate of drug-likeness (QED) is 0.328. The molecule has 0 aliphatic heterocycles. The van der Waals surface area contributed by atoms with E-state index >= 15 is 0 Å². The van der Waals surface area contributed by atoms with Gasteiger partial charge in [0.05, 0.1) is 34.0 Å². The predicted octanol–water partition coefficient (Wildman–Crippen LogP) is 5.49. The third-order valence-corrected chi connectivity index (χ3v) is 5.57. The Balaban J connectivity index is 1.69. The Morgan fingerprint density at radius 2 is 1.43 bits per heavy atom. The van der Waals surface area contributed by atoms with Crippen molar-refractivity contribution in [3.8, 4) is 23.0 Å². The van der Waals surface area contributed by atoms with Crippen molar-refractivity contribution >= 4 is 28.9 Å². The third kappa shape index (κ3) is 5.81. The number of nitrogens with one attached hydrogen (secondary N) is 1. The predicted molar refractivity (Wildman–Crippen MR) is 140 cm³/mol. The zero-order chi connectivity index (χ0) is 24.6. The lowest BCUT2D eigenvalue weighted by molar-refractivity contribution is 0.356. The van der Waals surface area contributed by atoms with Crippen molar-refractivity contribution in [2.75, 3.05) is 40.3 Å². The lowest BCUT2D eigenvalue weighted by Crippen LogP contribution is -2.08. The summed E-state index contributed by atoms with van der Waals surface area (Å²) >= 11 is 0. The van der Waals surface area contributed by atoms with E-state index in [9.17, 15) is 0 Å². The molecule has 7 heteroatoms. The monoisotopic (exact) mass is 471 g/mol. The Morgan fingerprint density at radius 1 is 0.743 bits per heavy atom. The molecule has 4 aromatic rings. The standard InChI is InChI=1S/C28H29N3O4/c1-32-21-14-20(15-22(16-21)33-2)10-11-27-30-24-18-26(35-4)25(34-3)17-23(24)28(31-27)29-13-12-19-8-6-5-7-9-19/h5-11,14-18H,12-13H2,1-4H3,(H,29,30,31)/b11-10+. The highest BCUT2D eigenvalue weighted by Gasteiger charge is 2.13. The lowest BCUT2D eigenvalue weighted by atomic mass is 10.1. The zero-order valence-corrected chi connectivity index (χ0v) is 20.4. The molecule has 1 aromatic heterocycles. The molecule has 35 heavy (non-hydrogen) atoms. The van der Waals surface area contributed by atoms with Crippen molar-refractivity contribution in [1.29, 1.82) is 0 Å². The first kappa shape index (κ1) is 23.9. The van der Waals surface area contributed by atoms with E-state index in [1.54, 1.807) is 28.4 Å². The van der Waals surface area contributed by atoms with Gasteiger partial charge in [-0.25, -0.2) is 9.97 Å². The molecule has 7 nitrogen and oxygen atoms in total. The van der Waals surface area contributed by atoms with Gasteiger partial charge in [-0.15, -0.1) is 0 Å². The number of fused-ring (bicyclic) bond motifs is 1. The number of hydrogen-bond acceptors (Lipinski definition) is 7. The van der Waals surface area contributed by atoms with Crippen LogP contribution in [0, 0.1) is 0 Å². The Labute approximate surface area is 205 Å². The van der Waals surface area contributed by atoms with Gasteiger partial charge in [0.1, 0.15) is 17.3 Å². The molecule has 0 amide bonds. The molecule has 1 N–H and O–H groups in total. The Kier molecular flexibility index (Phi) is 7.67. The van der Waals surface area contributed by atoms with Gasteiger partial charge in [-0.3, -0.25) is 0 Å². The highest BCUT2D eigenvalue weighted by Crippen LogP contribution is 2.34. The average Bonchev–Trinajstić information content (AvgIpc) is 2.91. The van der Waals surface area contributed by atoms with Gasteiger partial charge in [-0.05, 0) is 41.8 Å². The molecule has 3 aromatic carbocycles. The molecule has 0 bridgehead atoms. The lowest BCUT2D eigenvalue weighted by Gasteiger charge is -2.13. The van der Waals surface area contributed by atoms with Crippen LogP contribution in [-0.2, 0) is 6.42 Å². The fourth-order valence-corrected chi connectivity index (χ4v) is 3.75. The molecule has 1 heterocycles. The van der Waals surface area contributed by atoms with Gasteiger partial charge in [0, 0.05) is 24.1 Å². The number of anilines is 1. The van der Waals surface area contributed by atoms with Gasteiger partial charge in [-0.2, -0.15) is 0 Å². The molecule has 0 saturated carbocycles. The zero-order valence-electron chi connectivity index (χ0n) is 20.4. The smallest absolute Gasteiger partial charge is 0.162 e. The first-order valence-corrected chi connectivity index (χ1v) is 11.3. The number of methoxy groups -OCH3 is 4. The van der Waals surface area contributed by atoms with E-state index in [1.807, 2.05) is 60.7 Å². The minimum atomic E-state index is 0.564. The van der Waals surface area contributed by atoms with Crippen LogP contribution >= 0.6 is 0 Å². The summed E-state index contributed by atoms with van der Waals surface area (Å²) in [5, 5.41) is 4.34. The van der Waals surface area contributed by atoms with E-state index in [0.29, 0.717) is 28.8 Å². The molecule has 0 radical (unpaired) electrons. The molecule has 0 aliphatic rings. The van der Waals surface area contributed by atoms with Crippen molar-refractivity contribution in [2.45, 2.75) is 6.42 Å². The second-order valence-corrected chi connectivity index (χ2v) is 7.80. The fraction of sp³-hybridized carbons (Fsp3) is 0.214. The summed E-state index contributed by atoms with van der Waals surface area (Å²) in [4.78, 5) is 9.55. The molecule has 0 aliphatic carbocycles. The number of hydrogen-bond donors (Lipinski definition) is 1. The number of rotatable bonds is 10. The van der Waals surface area contributed by atoms with Gasteiger partial charge >= 0.3 is 0 Å². The third-order valence-electron chi connectivity index (χ3n) is 5.57. The maximum atomic E-state index is 5.51. The van der Waals surface area contributed by atoms with Crippen molar-refractivity contribution in [3.63, 3.8) is 0 Å². The van der Waals surface area contributed by atoms with Crippen LogP contribution in [0.15, 0.2) is 60.7 Å². The van der Waals surface area contributed by atoms with Gasteiger partial charge in [0.2, 0.25) is 0 Å². The van der Waals surface area contributed by atoms with Crippen molar-refractivity contribution in [3.05, 3.63) is 77.6 Å². The Hall–Kier alpha value is -4.26. The Morgan fingerprint density at radius 3 is 2.09 bits per heavy atom. The van der Waals surface area contributed by atoms with Gasteiger partial charge in [-0.1, -0.05) is 36.4 Å². The average molecular weight is 472 g/mol. The first-order valence-electron chi connectivity index (χ1n) is 11.3. The molecule has 0 saturated heterocycles. The summed E-state index contributed by atoms with van der Waals surface area (Å²) in [6.07, 6.45) is 4.67. The van der Waals surface area contributed by atoms with Crippen LogP contribution in [0.2, 0.25) is 0 Å². The topological polar surface area (TPSA) is 74.7 Å². The minimum absolute atomic E-state index is 0.564. The summed E-state index contributed by atoms with van der Waals surface area (Å²) in [6, 6.07) is 19.8. The van der Waals surface area contributed by atoms with Gasteiger partial charge in [0.15, 0.2) is 17.3 Å². The second-order valence-electron chi connectivity index (χ2n) is 7.80. The summed E-state index contributed by atoms with van der Waals surface area (Å²) in [7, 11) is 6.49. The van der Waals surface area contributed by atoms with Crippen LogP contribution < -0.4 is 24.3 Å². The molecule has 0 unspecified atom stereocenters. The summed E-state index contributed by atoms with van der Waals surface area (Å²) in [5.41, 5.74) is 2.92. The number of benzene rings is 3. The van der Waals surface area contributed by atoms with Gasteiger partial charge < -0.3 is 24.3 Å². The van der Waals surface area contributed by atoms with Crippen LogP contribution in [0.5, 0.6) is 23.0 Å². The number of ether oxygens (including phenoxy) is 4. The van der Waals surface area contributed by atoms with E-state index in [2.05, 4.69) is 17.4 Å². The minimum Gasteiger partial charge on any atom is -0.497 e. The van der Waals surface area contributed by atoms with Crippen LogP contribution in [0.4, 0.5) is 5.82 Å². The molecular formula is C28H29N3O4. The maximum absolute atomic E-state index is 5.51. The molecule has 0 spiro atoms. The highest BCUT2D eigenvalue weighted by atomic mass is 16.5. The molecule has 0 fully saturated rings. The van der Waals surface area contributed by atoms with E-state index in [-0.39, 0.29) is 0 Å². The van der Waals surface area contributed by atoms with E-state index < -0.39 is 0 Å². The van der Waals surface area contributed by atoms with E-state index in [4.69, 9.17) is 28.9 Å². The highest BCUT2D eigenvalue weighted by molar-refractivity contribution is 5.92. The van der Waals surface area contributed by atoms with Crippen LogP contribution in [-0.4, -0.2) is 45.0 Å². The molecule has 180 valence electrons. The first-order chi connectivity index (χ1) is 17.1. The van der Waals surface area contributed by atoms with Crippen LogP contribution in [0.1, 0.15) is 17.0 Å². The van der Waals surface area contributed by atoms with Gasteiger partial charge in [0.25, 0.3) is 0 Å². The van der Waals surface area contributed by atoms with Crippen LogP contribution in [0.25, 0.3) is 23.1 Å². The normalized spacial score (nSPS) is 11.0. The fourth-order valence-electron chi connectivity index (χ4n) is 3.75. The maximum Gasteiger partial charge on any atom is 0.162 e. The van der Waals surface area contributed by atoms with E-state index in [1.165, 1.54) is 5.56 Å². The number of aromatic nitrogens is 2. The van der Waals surface area contributed by atoms with Crippen molar-refractivity contribution in [1.82, 2.24) is 9.97 Å². The van der Waals surface area contributed by atoms with Crippen LogP contribution in [0.3, 0.4) is 0 Å².